The quantitative estimate of drug-likeness (QED) is 0.436. The minimum atomic E-state index is -0.656. The molecule has 4 aromatic rings. The first-order valence-corrected chi connectivity index (χ1v) is 12.6. The van der Waals surface area contributed by atoms with Crippen LogP contribution in [0.1, 0.15) is 88.4 Å². The summed E-state index contributed by atoms with van der Waals surface area (Å²) in [5.74, 6) is -0.819. The number of rotatable bonds is 2. The predicted molar refractivity (Wildman–Crippen MR) is 136 cm³/mol. The molecule has 35 heavy (non-hydrogen) atoms. The van der Waals surface area contributed by atoms with Gasteiger partial charge in [-0.3, -0.25) is 19.2 Å². The van der Waals surface area contributed by atoms with Gasteiger partial charge in [0.2, 0.25) is 5.91 Å². The van der Waals surface area contributed by atoms with Crippen molar-refractivity contribution in [1.29, 1.82) is 0 Å². The molecule has 2 aliphatic rings. The Morgan fingerprint density at radius 2 is 1.49 bits per heavy atom. The largest absolute Gasteiger partial charge is 0.398 e. The lowest BCUT2D eigenvalue weighted by Crippen LogP contribution is -2.36. The third-order valence-electron chi connectivity index (χ3n) is 7.84. The fourth-order valence-corrected chi connectivity index (χ4v) is 6.11. The van der Waals surface area contributed by atoms with Crippen LogP contribution in [0.3, 0.4) is 0 Å². The Hall–Kier alpha value is -3.48. The number of hydrogen-bond acceptors (Lipinski definition) is 5. The second-order valence-electron chi connectivity index (χ2n) is 10.2. The van der Waals surface area contributed by atoms with Gasteiger partial charge >= 0.3 is 0 Å². The molecule has 0 aliphatic heterocycles. The highest BCUT2D eigenvalue weighted by Crippen LogP contribution is 2.33. The molecule has 1 unspecified atom stereocenters. The van der Waals surface area contributed by atoms with E-state index in [2.05, 4.69) is 6.92 Å². The summed E-state index contributed by atoms with van der Waals surface area (Å²) >= 11 is 0. The van der Waals surface area contributed by atoms with Crippen LogP contribution in [0.25, 0.3) is 10.8 Å². The second kappa shape index (κ2) is 8.95. The van der Waals surface area contributed by atoms with E-state index in [0.29, 0.717) is 48.1 Å². The summed E-state index contributed by atoms with van der Waals surface area (Å²) < 4.78 is 0.776. The van der Waals surface area contributed by atoms with Gasteiger partial charge in [-0.15, -0.1) is 0 Å². The highest BCUT2D eigenvalue weighted by molar-refractivity contribution is 6.02. The fourth-order valence-electron chi connectivity index (χ4n) is 6.11. The summed E-state index contributed by atoms with van der Waals surface area (Å²) in [4.78, 5) is 53.6. The van der Waals surface area contributed by atoms with Gasteiger partial charge in [-0.05, 0) is 91.3 Å². The molecule has 182 valence electrons. The van der Waals surface area contributed by atoms with Crippen molar-refractivity contribution in [2.75, 3.05) is 5.73 Å². The number of primary amides is 1. The smallest absolute Gasteiger partial charge is 0.270 e. The summed E-state index contributed by atoms with van der Waals surface area (Å²) in [5.41, 5.74) is 14.8. The van der Waals surface area contributed by atoms with Crippen LogP contribution in [0.4, 0.5) is 5.69 Å². The van der Waals surface area contributed by atoms with E-state index in [0.717, 1.165) is 65.3 Å². The number of aryl methyl sites for hydroxylation is 1. The molecule has 2 heterocycles. The third kappa shape index (κ3) is 3.83. The Morgan fingerprint density at radius 3 is 2.17 bits per heavy atom. The van der Waals surface area contributed by atoms with Crippen molar-refractivity contribution in [3.8, 4) is 0 Å². The molecule has 2 aliphatic carbocycles. The molecule has 0 saturated carbocycles. The van der Waals surface area contributed by atoms with Crippen LogP contribution < -0.4 is 22.6 Å². The van der Waals surface area contributed by atoms with Crippen LogP contribution in [0.2, 0.25) is 0 Å². The number of anilines is 1. The third-order valence-corrected chi connectivity index (χ3v) is 7.84. The molecule has 1 atom stereocenters. The zero-order valence-electron chi connectivity index (χ0n) is 20.1. The molecule has 7 nitrogen and oxygen atoms in total. The molecule has 7 heteroatoms. The highest BCUT2D eigenvalue weighted by Gasteiger charge is 2.28. The van der Waals surface area contributed by atoms with E-state index in [-0.39, 0.29) is 11.1 Å². The van der Waals surface area contributed by atoms with Gasteiger partial charge in [0.15, 0.2) is 0 Å². The SMILES string of the molecule is CC1CCCc2c(c3cc(N)c2c(=O)n(C(=O)c2ccc(C(N)=O)c4c2CCCCCC4)c3=O)C1. The molecule has 2 aromatic heterocycles. The van der Waals surface area contributed by atoms with Gasteiger partial charge in [-0.1, -0.05) is 26.2 Å². The van der Waals surface area contributed by atoms with E-state index in [4.69, 9.17) is 11.5 Å². The molecular formula is C28H31N3O4. The number of hydrogen-bond donors (Lipinski definition) is 2. The fraction of sp³-hybridized carbons (Fsp3) is 0.429. The molecule has 1 amide bonds. The van der Waals surface area contributed by atoms with Gasteiger partial charge in [0.1, 0.15) is 0 Å². The Labute approximate surface area is 203 Å². The van der Waals surface area contributed by atoms with Crippen LogP contribution in [-0.4, -0.2) is 16.4 Å². The van der Waals surface area contributed by atoms with Crippen LogP contribution in [0, 0.1) is 5.92 Å². The van der Waals surface area contributed by atoms with Crippen LogP contribution in [-0.2, 0) is 25.7 Å². The van der Waals surface area contributed by atoms with Gasteiger partial charge in [0.25, 0.3) is 17.0 Å². The highest BCUT2D eigenvalue weighted by atomic mass is 16.2. The first-order chi connectivity index (χ1) is 16.8. The minimum absolute atomic E-state index is 0.251. The monoisotopic (exact) mass is 473 g/mol. The number of benzene rings is 2. The van der Waals surface area contributed by atoms with Gasteiger partial charge < -0.3 is 11.5 Å². The van der Waals surface area contributed by atoms with Crippen molar-refractivity contribution in [2.24, 2.45) is 11.7 Å². The van der Waals surface area contributed by atoms with Gasteiger partial charge in [-0.25, -0.2) is 4.57 Å². The number of nitrogens with two attached hydrogens (primary N) is 2. The van der Waals surface area contributed by atoms with Crippen LogP contribution in [0.5, 0.6) is 0 Å². The zero-order valence-corrected chi connectivity index (χ0v) is 20.1. The maximum atomic E-state index is 13.9. The maximum absolute atomic E-state index is 13.9. The van der Waals surface area contributed by atoms with Crippen molar-refractivity contribution < 1.29 is 9.59 Å². The van der Waals surface area contributed by atoms with Crippen LogP contribution >= 0.6 is 0 Å². The summed E-state index contributed by atoms with van der Waals surface area (Å²) in [6, 6.07) is 4.67. The summed E-state index contributed by atoms with van der Waals surface area (Å²) in [5, 5.41) is 0.638. The standard InChI is InChI=1S/C28H31N3O4/c1-15-7-6-10-18-21(13-15)22-14-23(29)24(18)28(35)31(27(22)34)26(33)20-12-11-19(25(30)32)16-8-4-2-3-5-9-17(16)20/h11-12,14-15H,2-10,13,29H2,1H3,(H2,30,32). The molecule has 2 bridgehead atoms. The number of fused-ring (bicyclic) bond motifs is 4. The molecule has 4 N–H and O–H groups in total. The van der Waals surface area contributed by atoms with E-state index in [1.165, 1.54) is 0 Å². The number of nitrogen functional groups attached to an aromatic ring is 1. The van der Waals surface area contributed by atoms with Crippen molar-refractivity contribution in [2.45, 2.75) is 71.1 Å². The molecular weight excluding hydrogens is 442 g/mol. The second-order valence-corrected chi connectivity index (χ2v) is 10.2. The Bertz CT molecular complexity index is 1470. The molecule has 0 radical (unpaired) electrons. The molecule has 0 saturated heterocycles. The predicted octanol–water partition coefficient (Wildman–Crippen LogP) is 3.34. The Balaban J connectivity index is 1.78. The number of carbonyl (C=O) groups is 2. The molecule has 0 spiro atoms. The Morgan fingerprint density at radius 1 is 0.857 bits per heavy atom. The Kier molecular flexibility index (Phi) is 5.95. The lowest BCUT2D eigenvalue weighted by atomic mass is 9.86. The van der Waals surface area contributed by atoms with E-state index >= 15 is 0 Å². The van der Waals surface area contributed by atoms with E-state index in [1.807, 2.05) is 0 Å². The molecule has 6 rings (SSSR count). The number of aromatic nitrogens is 1. The van der Waals surface area contributed by atoms with Gasteiger partial charge in [0, 0.05) is 22.2 Å². The number of amides is 1. The van der Waals surface area contributed by atoms with Gasteiger partial charge in [0.05, 0.1) is 5.39 Å². The van der Waals surface area contributed by atoms with Crippen molar-refractivity contribution in [3.05, 3.63) is 72.3 Å². The first-order valence-electron chi connectivity index (χ1n) is 12.6. The average Bonchev–Trinajstić information content (AvgIpc) is 3.07. The van der Waals surface area contributed by atoms with E-state index < -0.39 is 22.9 Å². The van der Waals surface area contributed by atoms with Crippen LogP contribution in [0.15, 0.2) is 27.8 Å². The zero-order chi connectivity index (χ0) is 24.9. The summed E-state index contributed by atoms with van der Waals surface area (Å²) in [7, 11) is 0. The van der Waals surface area contributed by atoms with E-state index in [1.54, 1.807) is 18.2 Å². The topological polar surface area (TPSA) is 125 Å². The molecule has 0 fully saturated rings. The van der Waals surface area contributed by atoms with E-state index in [9.17, 15) is 19.2 Å². The lowest BCUT2D eigenvalue weighted by Gasteiger charge is -2.19. The first kappa shape index (κ1) is 23.3. The van der Waals surface area contributed by atoms with Crippen molar-refractivity contribution in [1.82, 2.24) is 4.57 Å². The van der Waals surface area contributed by atoms with Crippen molar-refractivity contribution >= 4 is 28.3 Å². The average molecular weight is 474 g/mol. The molecule has 2 aromatic carbocycles. The lowest BCUT2D eigenvalue weighted by molar-refractivity contribution is 0.0949. The van der Waals surface area contributed by atoms with Gasteiger partial charge in [-0.2, -0.15) is 0 Å². The number of carbonyl (C=O) groups excluding carboxylic acids is 2. The summed E-state index contributed by atoms with van der Waals surface area (Å²) in [6.07, 6.45) is 8.28. The minimum Gasteiger partial charge on any atom is -0.398 e. The normalized spacial score (nSPS) is 18.3. The van der Waals surface area contributed by atoms with Crippen molar-refractivity contribution in [3.63, 3.8) is 0 Å². The number of nitrogens with zero attached hydrogens (tertiary/aromatic N) is 1. The summed E-state index contributed by atoms with van der Waals surface area (Å²) in [6.45, 7) is 2.14. The maximum Gasteiger partial charge on any atom is 0.270 e.